The van der Waals surface area contributed by atoms with E-state index in [0.29, 0.717) is 63.6 Å². The van der Waals surface area contributed by atoms with Crippen molar-refractivity contribution in [2.45, 2.75) is 32.0 Å². The van der Waals surface area contributed by atoms with Gasteiger partial charge in [-0.05, 0) is 46.7 Å². The molecule has 4 rings (SSSR count). The number of carbonyl (C=O) groups is 1. The molecule has 0 aliphatic carbocycles. The van der Waals surface area contributed by atoms with Crippen LogP contribution in [0.25, 0.3) is 10.8 Å². The van der Waals surface area contributed by atoms with Crippen molar-refractivity contribution >= 4 is 16.7 Å². The maximum atomic E-state index is 13.5. The predicted molar refractivity (Wildman–Crippen MR) is 136 cm³/mol. The second-order valence-corrected chi connectivity index (χ2v) is 9.20. The first kappa shape index (κ1) is 25.1. The molecule has 186 valence electrons. The van der Waals surface area contributed by atoms with Gasteiger partial charge in [0.05, 0.1) is 40.0 Å². The molecule has 0 aromatic heterocycles. The van der Waals surface area contributed by atoms with Gasteiger partial charge in [0.1, 0.15) is 12.3 Å². The molecule has 0 bridgehead atoms. The Morgan fingerprint density at radius 2 is 1.71 bits per heavy atom. The van der Waals surface area contributed by atoms with Crippen molar-refractivity contribution < 1.29 is 23.7 Å². The molecule has 0 saturated carbocycles. The maximum Gasteiger partial charge on any atom is 0.251 e. The minimum absolute atomic E-state index is 0.00571. The van der Waals surface area contributed by atoms with Gasteiger partial charge in [-0.3, -0.25) is 4.79 Å². The number of nitrogens with one attached hydrogen (secondary N) is 1. The Hall–Kier alpha value is -2.97. The van der Waals surface area contributed by atoms with E-state index >= 15 is 0 Å². The van der Waals surface area contributed by atoms with Gasteiger partial charge in [0.15, 0.2) is 0 Å². The SMILES string of the molecule is COCCOCc1ccc2ccc(C[N+]3([O-])CCC(NC(=O)c4cccc(OC)c4)CC3)cc2c1. The highest BCUT2D eigenvalue weighted by atomic mass is 16.5. The van der Waals surface area contributed by atoms with Crippen LogP contribution in [0.3, 0.4) is 0 Å². The number of fused-ring (bicyclic) bond motifs is 1. The van der Waals surface area contributed by atoms with Crippen molar-refractivity contribution in [2.24, 2.45) is 0 Å². The summed E-state index contributed by atoms with van der Waals surface area (Å²) in [7, 11) is 3.24. The van der Waals surface area contributed by atoms with Crippen LogP contribution in [0, 0.1) is 5.21 Å². The minimum atomic E-state index is -0.267. The first-order valence-corrected chi connectivity index (χ1v) is 12.1. The van der Waals surface area contributed by atoms with Crippen LogP contribution >= 0.6 is 0 Å². The Morgan fingerprint density at radius 3 is 2.46 bits per heavy atom. The smallest absolute Gasteiger partial charge is 0.251 e. The summed E-state index contributed by atoms with van der Waals surface area (Å²) in [6, 6.07) is 19.6. The molecule has 1 fully saturated rings. The van der Waals surface area contributed by atoms with Gasteiger partial charge < -0.3 is 29.4 Å². The molecular weight excluding hydrogens is 444 g/mol. The van der Waals surface area contributed by atoms with Crippen molar-refractivity contribution in [1.29, 1.82) is 0 Å². The molecule has 1 N–H and O–H groups in total. The highest BCUT2D eigenvalue weighted by molar-refractivity contribution is 5.94. The third-order valence-corrected chi connectivity index (χ3v) is 6.58. The Balaban J connectivity index is 1.33. The lowest BCUT2D eigenvalue weighted by atomic mass is 10.0. The van der Waals surface area contributed by atoms with Crippen LogP contribution < -0.4 is 10.1 Å². The van der Waals surface area contributed by atoms with Crippen molar-refractivity contribution in [3.05, 3.63) is 82.6 Å². The molecular formula is C28H34N2O5. The van der Waals surface area contributed by atoms with Crippen LogP contribution in [0.5, 0.6) is 5.75 Å². The number of ether oxygens (including phenoxy) is 3. The fraction of sp³-hybridized carbons (Fsp3) is 0.393. The molecule has 0 radical (unpaired) electrons. The number of rotatable bonds is 10. The first-order chi connectivity index (χ1) is 17.0. The van der Waals surface area contributed by atoms with E-state index in [9.17, 15) is 10.0 Å². The van der Waals surface area contributed by atoms with Crippen LogP contribution in [0.1, 0.15) is 34.3 Å². The molecule has 35 heavy (non-hydrogen) atoms. The Bertz CT molecular complexity index is 1140. The summed E-state index contributed by atoms with van der Waals surface area (Å²) in [6.45, 7) is 3.07. The van der Waals surface area contributed by atoms with E-state index in [4.69, 9.17) is 14.2 Å². The van der Waals surface area contributed by atoms with E-state index in [1.54, 1.807) is 32.4 Å². The lowest BCUT2D eigenvalue weighted by molar-refractivity contribution is -0.898. The van der Waals surface area contributed by atoms with Crippen molar-refractivity contribution in [1.82, 2.24) is 5.32 Å². The van der Waals surface area contributed by atoms with Gasteiger partial charge >= 0.3 is 0 Å². The van der Waals surface area contributed by atoms with Crippen molar-refractivity contribution in [3.63, 3.8) is 0 Å². The molecule has 1 amide bonds. The molecule has 1 aliphatic heterocycles. The van der Waals surface area contributed by atoms with Crippen LogP contribution in [0.2, 0.25) is 0 Å². The summed E-state index contributed by atoms with van der Waals surface area (Å²) in [5.74, 6) is 0.522. The number of piperidine rings is 1. The van der Waals surface area contributed by atoms with Crippen LogP contribution in [0.15, 0.2) is 60.7 Å². The minimum Gasteiger partial charge on any atom is -0.633 e. The van der Waals surface area contributed by atoms with Crippen LogP contribution in [-0.2, 0) is 22.6 Å². The summed E-state index contributed by atoms with van der Waals surface area (Å²) >= 11 is 0. The van der Waals surface area contributed by atoms with Gasteiger partial charge in [0, 0.05) is 37.1 Å². The van der Waals surface area contributed by atoms with E-state index in [1.807, 2.05) is 12.1 Å². The maximum absolute atomic E-state index is 13.5. The van der Waals surface area contributed by atoms with Crippen LogP contribution in [0.4, 0.5) is 0 Å². The number of likely N-dealkylation sites (tertiary alicyclic amines) is 1. The van der Waals surface area contributed by atoms with E-state index in [0.717, 1.165) is 21.9 Å². The van der Waals surface area contributed by atoms with E-state index in [2.05, 4.69) is 35.6 Å². The average molecular weight is 479 g/mol. The molecule has 3 aromatic carbocycles. The van der Waals surface area contributed by atoms with Gasteiger partial charge in [-0.25, -0.2) is 0 Å². The Kier molecular flexibility index (Phi) is 8.36. The fourth-order valence-electron chi connectivity index (χ4n) is 4.57. The van der Waals surface area contributed by atoms with E-state index in [1.165, 1.54) is 0 Å². The molecule has 3 aromatic rings. The quantitative estimate of drug-likeness (QED) is 0.265. The topological polar surface area (TPSA) is 79.9 Å². The van der Waals surface area contributed by atoms with Gasteiger partial charge in [-0.2, -0.15) is 0 Å². The second kappa shape index (κ2) is 11.6. The number of amides is 1. The first-order valence-electron chi connectivity index (χ1n) is 12.1. The fourth-order valence-corrected chi connectivity index (χ4v) is 4.57. The highest BCUT2D eigenvalue weighted by Gasteiger charge is 2.28. The molecule has 1 saturated heterocycles. The summed E-state index contributed by atoms with van der Waals surface area (Å²) < 4.78 is 15.6. The molecule has 0 unspecified atom stereocenters. The number of hydrogen-bond acceptors (Lipinski definition) is 5. The zero-order valence-corrected chi connectivity index (χ0v) is 20.5. The summed E-state index contributed by atoms with van der Waals surface area (Å²) in [6.07, 6.45) is 1.32. The number of methoxy groups -OCH3 is 2. The van der Waals surface area contributed by atoms with Gasteiger partial charge in [0.2, 0.25) is 0 Å². The summed E-state index contributed by atoms with van der Waals surface area (Å²) in [5.41, 5.74) is 2.70. The second-order valence-electron chi connectivity index (χ2n) is 9.20. The van der Waals surface area contributed by atoms with Gasteiger partial charge in [-0.15, -0.1) is 0 Å². The zero-order valence-electron chi connectivity index (χ0n) is 20.5. The van der Waals surface area contributed by atoms with E-state index in [-0.39, 0.29) is 16.6 Å². The summed E-state index contributed by atoms with van der Waals surface area (Å²) in [5, 5.41) is 18.8. The predicted octanol–water partition coefficient (Wildman–Crippen LogP) is 4.42. The molecule has 0 spiro atoms. The number of quaternary nitrogens is 1. The Labute approximate surface area is 206 Å². The van der Waals surface area contributed by atoms with Crippen molar-refractivity contribution in [3.8, 4) is 5.75 Å². The van der Waals surface area contributed by atoms with Gasteiger partial charge in [-0.1, -0.05) is 30.3 Å². The van der Waals surface area contributed by atoms with Crippen LogP contribution in [-0.4, -0.2) is 57.1 Å². The number of nitrogens with zero attached hydrogens (tertiary/aromatic N) is 1. The van der Waals surface area contributed by atoms with Crippen molar-refractivity contribution in [2.75, 3.05) is 40.5 Å². The molecule has 0 atom stereocenters. The largest absolute Gasteiger partial charge is 0.633 e. The third kappa shape index (κ3) is 6.80. The monoisotopic (exact) mass is 478 g/mol. The molecule has 7 nitrogen and oxygen atoms in total. The normalized spacial score (nSPS) is 20.0. The highest BCUT2D eigenvalue weighted by Crippen LogP contribution is 2.25. The molecule has 1 heterocycles. The summed E-state index contributed by atoms with van der Waals surface area (Å²) in [4.78, 5) is 12.6. The van der Waals surface area contributed by atoms with Gasteiger partial charge in [0.25, 0.3) is 5.91 Å². The molecule has 1 aliphatic rings. The average Bonchev–Trinajstić information content (AvgIpc) is 2.88. The zero-order chi connectivity index (χ0) is 24.7. The lowest BCUT2D eigenvalue weighted by Gasteiger charge is -2.47. The number of benzene rings is 3. The molecule has 7 heteroatoms. The Morgan fingerprint density at radius 1 is 0.971 bits per heavy atom. The number of hydroxylamine groups is 3. The number of hydrogen-bond donors (Lipinski definition) is 1. The van der Waals surface area contributed by atoms with E-state index < -0.39 is 0 Å². The lowest BCUT2D eigenvalue weighted by Crippen LogP contribution is -2.52. The third-order valence-electron chi connectivity index (χ3n) is 6.58. The number of carbonyl (C=O) groups excluding carboxylic acids is 1. The standard InChI is InChI=1S/C28H34N2O5/c1-33-14-15-35-20-22-7-9-23-8-6-21(16-25(23)17-22)19-30(32)12-10-26(11-13-30)29-28(31)24-4-3-5-27(18-24)34-2/h3-9,16-18,26H,10-15,19-20H2,1-2H3,(H,29,31).